The van der Waals surface area contributed by atoms with Crippen molar-refractivity contribution in [2.45, 2.75) is 45.1 Å². The number of methoxy groups -OCH3 is 1. The summed E-state index contributed by atoms with van der Waals surface area (Å²) in [6, 6.07) is 1.94. The first kappa shape index (κ1) is 11.2. The van der Waals surface area contributed by atoms with Gasteiger partial charge in [0.25, 0.3) is 0 Å². The second-order valence-electron chi connectivity index (χ2n) is 5.29. The van der Waals surface area contributed by atoms with E-state index in [4.69, 9.17) is 9.47 Å². The average molecular weight is 221 g/mol. The second kappa shape index (κ2) is 3.96. The lowest BCUT2D eigenvalue weighted by atomic mass is 9.91. The molecule has 1 aliphatic rings. The molecular formula is C13H19NO2. The predicted octanol–water partition coefficient (Wildman–Crippen LogP) is 2.93. The molecule has 3 nitrogen and oxygen atoms in total. The summed E-state index contributed by atoms with van der Waals surface area (Å²) in [6.07, 6.45) is 4.44. The maximum Gasteiger partial charge on any atom is 0.145 e. The van der Waals surface area contributed by atoms with E-state index in [1.807, 2.05) is 6.07 Å². The van der Waals surface area contributed by atoms with Crippen molar-refractivity contribution in [3.05, 3.63) is 18.0 Å². The van der Waals surface area contributed by atoms with Crippen molar-refractivity contribution in [1.82, 2.24) is 4.98 Å². The Hall–Kier alpha value is -1.25. The summed E-state index contributed by atoms with van der Waals surface area (Å²) in [5.74, 6) is 1.62. The summed E-state index contributed by atoms with van der Waals surface area (Å²) in [6.45, 7) is 6.42. The maximum absolute atomic E-state index is 5.88. The molecule has 0 atom stereocenters. The molecule has 1 aliphatic carbocycles. The van der Waals surface area contributed by atoms with Crippen molar-refractivity contribution in [1.29, 1.82) is 0 Å². The number of pyridine rings is 1. The van der Waals surface area contributed by atoms with Crippen LogP contribution in [0.5, 0.6) is 11.5 Å². The minimum atomic E-state index is -0.00348. The van der Waals surface area contributed by atoms with E-state index in [0.717, 1.165) is 30.0 Å². The lowest BCUT2D eigenvalue weighted by molar-refractivity contribution is 0.289. The van der Waals surface area contributed by atoms with Gasteiger partial charge in [0.15, 0.2) is 0 Å². The van der Waals surface area contributed by atoms with Crippen LogP contribution in [-0.4, -0.2) is 18.2 Å². The largest absolute Gasteiger partial charge is 0.495 e. The third-order valence-corrected chi connectivity index (χ3v) is 2.59. The molecule has 0 radical (unpaired) electrons. The van der Waals surface area contributed by atoms with Crippen molar-refractivity contribution in [2.24, 2.45) is 0 Å². The molecule has 1 heterocycles. The molecule has 0 aromatic carbocycles. The van der Waals surface area contributed by atoms with Gasteiger partial charge >= 0.3 is 0 Å². The van der Waals surface area contributed by atoms with Gasteiger partial charge in [0.05, 0.1) is 25.1 Å². The third kappa shape index (κ3) is 2.46. The smallest absolute Gasteiger partial charge is 0.145 e. The molecule has 1 aromatic heterocycles. The van der Waals surface area contributed by atoms with Gasteiger partial charge in [-0.1, -0.05) is 20.8 Å². The molecule has 0 saturated heterocycles. The van der Waals surface area contributed by atoms with Crippen LogP contribution in [0, 0.1) is 0 Å². The van der Waals surface area contributed by atoms with Gasteiger partial charge in [-0.3, -0.25) is 4.98 Å². The summed E-state index contributed by atoms with van der Waals surface area (Å²) in [5.41, 5.74) is 0.997. The Balaban J connectivity index is 2.33. The number of rotatable bonds is 3. The maximum atomic E-state index is 5.88. The molecule has 0 amide bonds. The molecule has 0 bridgehead atoms. The highest BCUT2D eigenvalue weighted by Gasteiger charge is 2.28. The van der Waals surface area contributed by atoms with E-state index < -0.39 is 0 Å². The molecule has 1 saturated carbocycles. The molecule has 16 heavy (non-hydrogen) atoms. The van der Waals surface area contributed by atoms with Crippen LogP contribution in [0.25, 0.3) is 0 Å². The summed E-state index contributed by atoms with van der Waals surface area (Å²) in [7, 11) is 1.65. The van der Waals surface area contributed by atoms with Crippen LogP contribution in [0.4, 0.5) is 0 Å². The highest BCUT2D eigenvalue weighted by Crippen LogP contribution is 2.35. The first-order chi connectivity index (χ1) is 7.50. The fourth-order valence-corrected chi connectivity index (χ4v) is 1.56. The van der Waals surface area contributed by atoms with E-state index >= 15 is 0 Å². The predicted molar refractivity (Wildman–Crippen MR) is 63.1 cm³/mol. The van der Waals surface area contributed by atoms with E-state index in [0.29, 0.717) is 6.10 Å². The summed E-state index contributed by atoms with van der Waals surface area (Å²) in [5, 5.41) is 0. The fourth-order valence-electron chi connectivity index (χ4n) is 1.56. The van der Waals surface area contributed by atoms with Crippen LogP contribution in [0.15, 0.2) is 12.3 Å². The number of ether oxygens (including phenoxy) is 2. The molecule has 0 aliphatic heterocycles. The Morgan fingerprint density at radius 2 is 2.00 bits per heavy atom. The van der Waals surface area contributed by atoms with Gasteiger partial charge in [0, 0.05) is 11.5 Å². The number of nitrogens with zero attached hydrogens (tertiary/aromatic N) is 1. The topological polar surface area (TPSA) is 31.4 Å². The van der Waals surface area contributed by atoms with Crippen LogP contribution in [0.3, 0.4) is 0 Å². The number of hydrogen-bond donors (Lipinski definition) is 0. The molecule has 88 valence electrons. The molecule has 1 fully saturated rings. The van der Waals surface area contributed by atoms with Gasteiger partial charge in [-0.25, -0.2) is 0 Å². The average Bonchev–Trinajstić information content (AvgIpc) is 3.00. The zero-order valence-corrected chi connectivity index (χ0v) is 10.4. The van der Waals surface area contributed by atoms with Gasteiger partial charge in [-0.2, -0.15) is 0 Å². The Labute approximate surface area is 96.8 Å². The number of hydrogen-bond acceptors (Lipinski definition) is 3. The first-order valence-corrected chi connectivity index (χ1v) is 5.72. The number of aromatic nitrogens is 1. The molecule has 3 heteroatoms. The van der Waals surface area contributed by atoms with Crippen molar-refractivity contribution in [3.63, 3.8) is 0 Å². The highest BCUT2D eigenvalue weighted by atomic mass is 16.5. The van der Waals surface area contributed by atoms with Gasteiger partial charge in [-0.05, 0) is 12.8 Å². The lowest BCUT2D eigenvalue weighted by Crippen LogP contribution is -2.16. The van der Waals surface area contributed by atoms with Crippen LogP contribution in [0.1, 0.15) is 39.3 Å². The van der Waals surface area contributed by atoms with E-state index in [2.05, 4.69) is 25.8 Å². The summed E-state index contributed by atoms with van der Waals surface area (Å²) >= 11 is 0. The minimum Gasteiger partial charge on any atom is -0.495 e. The standard InChI is InChI=1S/C13H19NO2/c1-13(2,3)12-11(16-9-5-6-9)7-10(15-4)8-14-12/h7-9H,5-6H2,1-4H3. The highest BCUT2D eigenvalue weighted by molar-refractivity contribution is 5.38. The first-order valence-electron chi connectivity index (χ1n) is 5.72. The summed E-state index contributed by atoms with van der Waals surface area (Å²) in [4.78, 5) is 4.45. The Morgan fingerprint density at radius 1 is 1.31 bits per heavy atom. The molecule has 0 unspecified atom stereocenters. The molecule has 2 rings (SSSR count). The molecule has 0 spiro atoms. The Bertz CT molecular complexity index is 378. The van der Waals surface area contributed by atoms with Crippen molar-refractivity contribution in [3.8, 4) is 11.5 Å². The van der Waals surface area contributed by atoms with Crippen LogP contribution in [-0.2, 0) is 5.41 Å². The van der Waals surface area contributed by atoms with Gasteiger partial charge in [0.2, 0.25) is 0 Å². The van der Waals surface area contributed by atoms with Crippen molar-refractivity contribution >= 4 is 0 Å². The van der Waals surface area contributed by atoms with Crippen molar-refractivity contribution in [2.75, 3.05) is 7.11 Å². The SMILES string of the molecule is COc1cnc(C(C)(C)C)c(OC2CC2)c1. The van der Waals surface area contributed by atoms with Crippen LogP contribution < -0.4 is 9.47 Å². The van der Waals surface area contributed by atoms with Crippen LogP contribution in [0.2, 0.25) is 0 Å². The van der Waals surface area contributed by atoms with Gasteiger partial charge in [0.1, 0.15) is 11.5 Å². The zero-order chi connectivity index (χ0) is 11.8. The normalized spacial score (nSPS) is 16.0. The quantitative estimate of drug-likeness (QED) is 0.786. The Morgan fingerprint density at radius 3 is 2.50 bits per heavy atom. The molecule has 0 N–H and O–H groups in total. The van der Waals surface area contributed by atoms with E-state index in [1.165, 1.54) is 0 Å². The summed E-state index contributed by atoms with van der Waals surface area (Å²) < 4.78 is 11.1. The third-order valence-electron chi connectivity index (χ3n) is 2.59. The zero-order valence-electron chi connectivity index (χ0n) is 10.4. The lowest BCUT2D eigenvalue weighted by Gasteiger charge is -2.21. The van der Waals surface area contributed by atoms with E-state index in [1.54, 1.807) is 13.3 Å². The van der Waals surface area contributed by atoms with Crippen molar-refractivity contribution < 1.29 is 9.47 Å². The van der Waals surface area contributed by atoms with E-state index in [9.17, 15) is 0 Å². The van der Waals surface area contributed by atoms with E-state index in [-0.39, 0.29) is 5.41 Å². The minimum absolute atomic E-state index is 0.00348. The van der Waals surface area contributed by atoms with Crippen LogP contribution >= 0.6 is 0 Å². The second-order valence-corrected chi connectivity index (χ2v) is 5.29. The van der Waals surface area contributed by atoms with Gasteiger partial charge in [-0.15, -0.1) is 0 Å². The molecular weight excluding hydrogens is 202 g/mol. The monoisotopic (exact) mass is 221 g/mol. The molecule has 1 aromatic rings. The Kier molecular flexibility index (Phi) is 2.78. The fraction of sp³-hybridized carbons (Fsp3) is 0.615. The van der Waals surface area contributed by atoms with Gasteiger partial charge < -0.3 is 9.47 Å².